The molecule has 2 N–H and O–H groups in total. The molecule has 0 atom stereocenters. The molecule has 156 valence electrons. The zero-order valence-electron chi connectivity index (χ0n) is 17.1. The first kappa shape index (κ1) is 19.9. The second-order valence-electron chi connectivity index (χ2n) is 7.36. The summed E-state index contributed by atoms with van der Waals surface area (Å²) in [5, 5.41) is 0. The summed E-state index contributed by atoms with van der Waals surface area (Å²) in [5.41, 5.74) is 9.10. The summed E-state index contributed by atoms with van der Waals surface area (Å²) >= 11 is 0. The molecule has 4 rings (SSSR count). The SMILES string of the molecule is CCCCCCCOC(=O)c1c(N)n(Cc2ccco2)c2nc3ccccc3nc12. The molecule has 3 heterocycles. The molecule has 1 aromatic carbocycles. The molecule has 0 radical (unpaired) electrons. The lowest BCUT2D eigenvalue weighted by atomic mass is 10.2. The van der Waals surface area contributed by atoms with Gasteiger partial charge in [0.05, 0.1) is 30.4 Å². The predicted molar refractivity (Wildman–Crippen MR) is 116 cm³/mol. The summed E-state index contributed by atoms with van der Waals surface area (Å²) in [6.07, 6.45) is 7.01. The number of carbonyl (C=O) groups is 1. The average Bonchev–Trinajstić information content (AvgIpc) is 3.36. The van der Waals surface area contributed by atoms with E-state index in [1.54, 1.807) is 10.8 Å². The molecule has 0 saturated heterocycles. The average molecular weight is 406 g/mol. The van der Waals surface area contributed by atoms with E-state index in [1.165, 1.54) is 12.8 Å². The molecular formula is C23H26N4O3. The van der Waals surface area contributed by atoms with Gasteiger partial charge in [0.25, 0.3) is 0 Å². The number of hydrogen-bond donors (Lipinski definition) is 1. The fourth-order valence-corrected chi connectivity index (χ4v) is 3.58. The van der Waals surface area contributed by atoms with Crippen molar-refractivity contribution in [3.63, 3.8) is 0 Å². The molecule has 0 aliphatic carbocycles. The predicted octanol–water partition coefficient (Wildman–Crippen LogP) is 4.94. The van der Waals surface area contributed by atoms with Gasteiger partial charge in [-0.05, 0) is 30.7 Å². The third-order valence-corrected chi connectivity index (χ3v) is 5.17. The highest BCUT2D eigenvalue weighted by Crippen LogP contribution is 2.29. The normalized spacial score (nSPS) is 11.4. The van der Waals surface area contributed by atoms with E-state index >= 15 is 0 Å². The third kappa shape index (κ3) is 4.01. The summed E-state index contributed by atoms with van der Waals surface area (Å²) in [7, 11) is 0. The van der Waals surface area contributed by atoms with Gasteiger partial charge in [-0.25, -0.2) is 14.8 Å². The van der Waals surface area contributed by atoms with Crippen LogP contribution in [0.25, 0.3) is 22.2 Å². The summed E-state index contributed by atoms with van der Waals surface area (Å²) in [4.78, 5) is 22.3. The number of furan rings is 1. The Labute approximate surface area is 174 Å². The number of benzene rings is 1. The Morgan fingerprint density at radius 1 is 1.07 bits per heavy atom. The number of aromatic nitrogens is 3. The Bertz CT molecular complexity index is 1150. The van der Waals surface area contributed by atoms with Crippen molar-refractivity contribution in [3.05, 3.63) is 54.0 Å². The van der Waals surface area contributed by atoms with E-state index in [0.717, 1.165) is 24.8 Å². The molecule has 7 heteroatoms. The molecule has 0 amide bonds. The third-order valence-electron chi connectivity index (χ3n) is 5.17. The molecule has 0 saturated carbocycles. The van der Waals surface area contributed by atoms with Crippen LogP contribution >= 0.6 is 0 Å². The number of ether oxygens (including phenoxy) is 1. The number of para-hydroxylation sites is 2. The van der Waals surface area contributed by atoms with Gasteiger partial charge < -0.3 is 19.5 Å². The van der Waals surface area contributed by atoms with E-state index in [9.17, 15) is 4.79 Å². The molecular weight excluding hydrogens is 380 g/mol. The van der Waals surface area contributed by atoms with Crippen LogP contribution in [0, 0.1) is 0 Å². The van der Waals surface area contributed by atoms with Crippen molar-refractivity contribution in [2.45, 2.75) is 45.6 Å². The van der Waals surface area contributed by atoms with Crippen LogP contribution in [-0.2, 0) is 11.3 Å². The Morgan fingerprint density at radius 2 is 1.83 bits per heavy atom. The fourth-order valence-electron chi connectivity index (χ4n) is 3.58. The largest absolute Gasteiger partial charge is 0.467 e. The van der Waals surface area contributed by atoms with Crippen LogP contribution in [0.3, 0.4) is 0 Å². The second-order valence-corrected chi connectivity index (χ2v) is 7.36. The van der Waals surface area contributed by atoms with Crippen molar-refractivity contribution < 1.29 is 13.9 Å². The number of rotatable bonds is 9. The van der Waals surface area contributed by atoms with Crippen molar-refractivity contribution in [3.8, 4) is 0 Å². The zero-order valence-corrected chi connectivity index (χ0v) is 17.1. The first-order valence-electron chi connectivity index (χ1n) is 10.4. The standard InChI is InChI=1S/C23H26N4O3/c1-2-3-4-5-8-13-30-23(28)19-20-22(26-18-12-7-6-11-17(18)25-20)27(21(19)24)15-16-10-9-14-29-16/h6-7,9-12,14H,2-5,8,13,15,24H2,1H3. The van der Waals surface area contributed by atoms with Crippen LogP contribution in [0.4, 0.5) is 5.82 Å². The minimum absolute atomic E-state index is 0.267. The number of nitrogens with zero attached hydrogens (tertiary/aromatic N) is 3. The molecule has 0 spiro atoms. The van der Waals surface area contributed by atoms with Gasteiger partial charge in [0, 0.05) is 0 Å². The number of esters is 1. The van der Waals surface area contributed by atoms with Crippen LogP contribution in [0.5, 0.6) is 0 Å². The fraction of sp³-hybridized carbons (Fsp3) is 0.348. The molecule has 4 aromatic rings. The van der Waals surface area contributed by atoms with Crippen LogP contribution < -0.4 is 5.73 Å². The van der Waals surface area contributed by atoms with E-state index in [1.807, 2.05) is 36.4 Å². The molecule has 0 fully saturated rings. The molecule has 0 aliphatic heterocycles. The molecule has 3 aromatic heterocycles. The van der Waals surface area contributed by atoms with Crippen molar-refractivity contribution in [1.82, 2.24) is 14.5 Å². The van der Waals surface area contributed by atoms with Gasteiger partial charge >= 0.3 is 5.97 Å². The summed E-state index contributed by atoms with van der Waals surface area (Å²) in [6, 6.07) is 11.2. The van der Waals surface area contributed by atoms with Crippen molar-refractivity contribution in [2.24, 2.45) is 0 Å². The van der Waals surface area contributed by atoms with E-state index in [-0.39, 0.29) is 11.4 Å². The number of nitrogens with two attached hydrogens (primary N) is 1. The zero-order chi connectivity index (χ0) is 20.9. The lowest BCUT2D eigenvalue weighted by Gasteiger charge is -2.06. The van der Waals surface area contributed by atoms with Gasteiger partial charge in [0.15, 0.2) is 5.65 Å². The van der Waals surface area contributed by atoms with Crippen LogP contribution in [0.1, 0.15) is 55.1 Å². The van der Waals surface area contributed by atoms with E-state index in [0.29, 0.717) is 35.6 Å². The number of carbonyl (C=O) groups excluding carboxylic acids is 1. The number of anilines is 1. The Kier molecular flexibility index (Phi) is 5.97. The number of fused-ring (bicyclic) bond motifs is 2. The first-order chi connectivity index (χ1) is 14.7. The minimum Gasteiger partial charge on any atom is -0.467 e. The topological polar surface area (TPSA) is 96.2 Å². The van der Waals surface area contributed by atoms with Gasteiger partial charge in [-0.1, -0.05) is 44.7 Å². The monoisotopic (exact) mass is 406 g/mol. The van der Waals surface area contributed by atoms with E-state index in [4.69, 9.17) is 19.9 Å². The molecule has 0 unspecified atom stereocenters. The van der Waals surface area contributed by atoms with Crippen molar-refractivity contribution in [1.29, 1.82) is 0 Å². The van der Waals surface area contributed by atoms with Crippen LogP contribution in [-0.4, -0.2) is 27.1 Å². The highest BCUT2D eigenvalue weighted by Gasteiger charge is 2.25. The lowest BCUT2D eigenvalue weighted by molar-refractivity contribution is 0.0501. The maximum Gasteiger partial charge on any atom is 0.344 e. The molecule has 30 heavy (non-hydrogen) atoms. The van der Waals surface area contributed by atoms with Crippen molar-refractivity contribution >= 4 is 34.0 Å². The van der Waals surface area contributed by atoms with Crippen LogP contribution in [0.2, 0.25) is 0 Å². The lowest BCUT2D eigenvalue weighted by Crippen LogP contribution is -2.11. The first-order valence-corrected chi connectivity index (χ1v) is 10.4. The van der Waals surface area contributed by atoms with Gasteiger partial charge in [-0.3, -0.25) is 0 Å². The summed E-state index contributed by atoms with van der Waals surface area (Å²) in [5.74, 6) is 0.535. The smallest absolute Gasteiger partial charge is 0.344 e. The summed E-state index contributed by atoms with van der Waals surface area (Å²) < 4.78 is 12.8. The van der Waals surface area contributed by atoms with Crippen LogP contribution in [0.15, 0.2) is 47.1 Å². The van der Waals surface area contributed by atoms with Gasteiger partial charge in [-0.2, -0.15) is 0 Å². The van der Waals surface area contributed by atoms with Gasteiger partial charge in [0.2, 0.25) is 0 Å². The maximum atomic E-state index is 12.9. The van der Waals surface area contributed by atoms with Gasteiger partial charge in [-0.15, -0.1) is 0 Å². The molecule has 7 nitrogen and oxygen atoms in total. The summed E-state index contributed by atoms with van der Waals surface area (Å²) in [6.45, 7) is 2.90. The molecule has 0 bridgehead atoms. The second kappa shape index (κ2) is 8.98. The Balaban J connectivity index is 1.68. The molecule has 0 aliphatic rings. The van der Waals surface area contributed by atoms with E-state index in [2.05, 4.69) is 11.9 Å². The highest BCUT2D eigenvalue weighted by atomic mass is 16.5. The Morgan fingerprint density at radius 3 is 2.57 bits per heavy atom. The highest BCUT2D eigenvalue weighted by molar-refractivity contribution is 6.08. The Hall–Kier alpha value is -3.35. The number of hydrogen-bond acceptors (Lipinski definition) is 6. The maximum absolute atomic E-state index is 12.9. The number of nitrogen functional groups attached to an aromatic ring is 1. The van der Waals surface area contributed by atoms with E-state index < -0.39 is 5.97 Å². The number of unbranched alkanes of at least 4 members (excludes halogenated alkanes) is 4. The quantitative estimate of drug-likeness (QED) is 0.312. The van der Waals surface area contributed by atoms with Gasteiger partial charge in [0.1, 0.15) is 22.7 Å². The minimum atomic E-state index is -0.462. The van der Waals surface area contributed by atoms with Crippen molar-refractivity contribution in [2.75, 3.05) is 12.3 Å².